The van der Waals surface area contributed by atoms with Crippen molar-refractivity contribution in [2.24, 2.45) is 0 Å². The molecular formula is C16H10Cl3N3O2. The maximum Gasteiger partial charge on any atom is 0.261 e. The number of hydrogen-bond acceptors (Lipinski definition) is 3. The SMILES string of the molecule is O=C(Cn1cnc2cc(Cl)ccc2c1=O)Nc1cc(Cl)ccc1Cl. The van der Waals surface area contributed by atoms with Gasteiger partial charge in [0.1, 0.15) is 6.54 Å². The highest BCUT2D eigenvalue weighted by Gasteiger charge is 2.10. The zero-order chi connectivity index (χ0) is 17.3. The summed E-state index contributed by atoms with van der Waals surface area (Å²) in [6, 6.07) is 9.49. The number of fused-ring (bicyclic) bond motifs is 1. The van der Waals surface area contributed by atoms with Gasteiger partial charge < -0.3 is 5.32 Å². The quantitative estimate of drug-likeness (QED) is 0.745. The van der Waals surface area contributed by atoms with Crippen molar-refractivity contribution in [1.82, 2.24) is 9.55 Å². The Morgan fingerprint density at radius 1 is 1.08 bits per heavy atom. The maximum absolute atomic E-state index is 12.4. The molecule has 3 aromatic rings. The lowest BCUT2D eigenvalue weighted by molar-refractivity contribution is -0.116. The number of carbonyl (C=O) groups excluding carboxylic acids is 1. The van der Waals surface area contributed by atoms with Gasteiger partial charge in [0.2, 0.25) is 5.91 Å². The number of benzene rings is 2. The van der Waals surface area contributed by atoms with E-state index in [1.165, 1.54) is 17.0 Å². The summed E-state index contributed by atoms with van der Waals surface area (Å²) in [5.41, 5.74) is 0.522. The first-order chi connectivity index (χ1) is 11.4. The zero-order valence-electron chi connectivity index (χ0n) is 12.1. The van der Waals surface area contributed by atoms with Crippen LogP contribution in [0.3, 0.4) is 0 Å². The molecule has 0 atom stereocenters. The van der Waals surface area contributed by atoms with Crippen LogP contribution in [-0.2, 0) is 11.3 Å². The van der Waals surface area contributed by atoms with E-state index in [2.05, 4.69) is 10.3 Å². The van der Waals surface area contributed by atoms with Crippen LogP contribution < -0.4 is 10.9 Å². The molecule has 0 aliphatic rings. The van der Waals surface area contributed by atoms with Gasteiger partial charge in [-0.3, -0.25) is 14.2 Å². The first-order valence-electron chi connectivity index (χ1n) is 6.83. The summed E-state index contributed by atoms with van der Waals surface area (Å²) >= 11 is 17.8. The van der Waals surface area contributed by atoms with Crippen LogP contribution in [0.4, 0.5) is 5.69 Å². The third-order valence-electron chi connectivity index (χ3n) is 3.30. The summed E-state index contributed by atoms with van der Waals surface area (Å²) < 4.78 is 1.21. The number of amides is 1. The van der Waals surface area contributed by atoms with Gasteiger partial charge in [0.15, 0.2) is 0 Å². The molecule has 0 aliphatic heterocycles. The average molecular weight is 383 g/mol. The molecule has 0 aliphatic carbocycles. The highest BCUT2D eigenvalue weighted by Crippen LogP contribution is 2.25. The molecule has 2 aromatic carbocycles. The minimum atomic E-state index is -0.420. The van der Waals surface area contributed by atoms with Crippen LogP contribution in [0, 0.1) is 0 Å². The van der Waals surface area contributed by atoms with E-state index >= 15 is 0 Å². The zero-order valence-corrected chi connectivity index (χ0v) is 14.4. The maximum atomic E-state index is 12.4. The molecule has 0 radical (unpaired) electrons. The molecule has 0 spiro atoms. The van der Waals surface area contributed by atoms with Gasteiger partial charge in [-0.25, -0.2) is 4.98 Å². The molecule has 1 aromatic heterocycles. The molecule has 0 bridgehead atoms. The molecule has 1 heterocycles. The van der Waals surface area contributed by atoms with E-state index in [4.69, 9.17) is 34.8 Å². The Hall–Kier alpha value is -2.08. The Bertz CT molecular complexity index is 1000. The lowest BCUT2D eigenvalue weighted by atomic mass is 10.2. The van der Waals surface area contributed by atoms with Crippen molar-refractivity contribution in [3.63, 3.8) is 0 Å². The third kappa shape index (κ3) is 3.53. The number of hydrogen-bond donors (Lipinski definition) is 1. The number of nitrogens with zero attached hydrogens (tertiary/aromatic N) is 2. The monoisotopic (exact) mass is 381 g/mol. The fourth-order valence-electron chi connectivity index (χ4n) is 2.18. The van der Waals surface area contributed by atoms with Crippen molar-refractivity contribution in [3.05, 3.63) is 68.1 Å². The fourth-order valence-corrected chi connectivity index (χ4v) is 2.69. The molecule has 122 valence electrons. The molecule has 0 saturated carbocycles. The van der Waals surface area contributed by atoms with Gasteiger partial charge >= 0.3 is 0 Å². The van der Waals surface area contributed by atoms with Crippen LogP contribution in [0.1, 0.15) is 0 Å². The van der Waals surface area contributed by atoms with E-state index in [-0.39, 0.29) is 12.1 Å². The lowest BCUT2D eigenvalue weighted by Gasteiger charge is -2.09. The Labute approximate surface area is 151 Å². The second kappa shape index (κ2) is 6.81. The lowest BCUT2D eigenvalue weighted by Crippen LogP contribution is -2.28. The molecule has 1 amide bonds. The van der Waals surface area contributed by atoms with Crippen molar-refractivity contribution < 1.29 is 4.79 Å². The highest BCUT2D eigenvalue weighted by atomic mass is 35.5. The summed E-state index contributed by atoms with van der Waals surface area (Å²) in [6.07, 6.45) is 1.31. The van der Waals surface area contributed by atoms with Crippen molar-refractivity contribution in [2.75, 3.05) is 5.32 Å². The van der Waals surface area contributed by atoms with E-state index in [9.17, 15) is 9.59 Å². The smallest absolute Gasteiger partial charge is 0.261 e. The summed E-state index contributed by atoms with van der Waals surface area (Å²) in [7, 11) is 0. The van der Waals surface area contributed by atoms with Crippen LogP contribution in [-0.4, -0.2) is 15.5 Å². The van der Waals surface area contributed by atoms with Crippen LogP contribution >= 0.6 is 34.8 Å². The Kier molecular flexibility index (Phi) is 4.76. The van der Waals surface area contributed by atoms with Gasteiger partial charge in [-0.1, -0.05) is 34.8 Å². The molecule has 0 fully saturated rings. The van der Waals surface area contributed by atoms with Crippen molar-refractivity contribution in [3.8, 4) is 0 Å². The van der Waals surface area contributed by atoms with Crippen LogP contribution in [0.2, 0.25) is 15.1 Å². The Morgan fingerprint density at radius 3 is 2.58 bits per heavy atom. The molecule has 3 rings (SSSR count). The summed E-state index contributed by atoms with van der Waals surface area (Å²) in [5.74, 6) is -0.420. The molecular weight excluding hydrogens is 373 g/mol. The van der Waals surface area contributed by atoms with E-state index in [0.717, 1.165) is 0 Å². The largest absolute Gasteiger partial charge is 0.323 e. The minimum Gasteiger partial charge on any atom is -0.323 e. The first-order valence-corrected chi connectivity index (χ1v) is 7.97. The van der Waals surface area contributed by atoms with E-state index < -0.39 is 5.91 Å². The summed E-state index contributed by atoms with van der Waals surface area (Å²) in [4.78, 5) is 28.7. The normalized spacial score (nSPS) is 10.8. The number of rotatable bonds is 3. The molecule has 5 nitrogen and oxygen atoms in total. The van der Waals surface area contributed by atoms with E-state index in [1.54, 1.807) is 30.3 Å². The summed E-state index contributed by atoms with van der Waals surface area (Å²) in [6.45, 7) is -0.201. The number of anilines is 1. The predicted molar refractivity (Wildman–Crippen MR) is 96.1 cm³/mol. The Morgan fingerprint density at radius 2 is 1.79 bits per heavy atom. The van der Waals surface area contributed by atoms with Crippen LogP contribution in [0.15, 0.2) is 47.5 Å². The number of carbonyl (C=O) groups is 1. The number of nitrogens with one attached hydrogen (secondary N) is 1. The molecule has 0 unspecified atom stereocenters. The van der Waals surface area contributed by atoms with Crippen molar-refractivity contribution in [1.29, 1.82) is 0 Å². The second-order valence-corrected chi connectivity index (χ2v) is 6.29. The molecule has 0 saturated heterocycles. The van der Waals surface area contributed by atoms with Gasteiger partial charge in [0, 0.05) is 10.0 Å². The van der Waals surface area contributed by atoms with Gasteiger partial charge in [-0.15, -0.1) is 0 Å². The van der Waals surface area contributed by atoms with E-state index in [0.29, 0.717) is 31.7 Å². The predicted octanol–water partition coefficient (Wildman–Crippen LogP) is 4.00. The van der Waals surface area contributed by atoms with Crippen molar-refractivity contribution in [2.45, 2.75) is 6.54 Å². The van der Waals surface area contributed by atoms with Crippen LogP contribution in [0.25, 0.3) is 10.9 Å². The average Bonchev–Trinajstić information content (AvgIpc) is 2.53. The summed E-state index contributed by atoms with van der Waals surface area (Å²) in [5, 5.41) is 4.29. The van der Waals surface area contributed by atoms with Gasteiger partial charge in [-0.05, 0) is 36.4 Å². The van der Waals surface area contributed by atoms with Gasteiger partial charge in [0.05, 0.1) is 27.9 Å². The molecule has 1 N–H and O–H groups in total. The second-order valence-electron chi connectivity index (χ2n) is 5.01. The molecule has 8 heteroatoms. The first kappa shape index (κ1) is 16.8. The Balaban J connectivity index is 1.85. The third-order valence-corrected chi connectivity index (χ3v) is 4.10. The standard InChI is InChI=1S/C16H10Cl3N3O2/c17-9-1-3-11-13(5-9)20-8-22(16(11)24)7-15(23)21-14-6-10(18)2-4-12(14)19/h1-6,8H,7H2,(H,21,23). The van der Waals surface area contributed by atoms with Gasteiger partial charge in [0.25, 0.3) is 5.56 Å². The van der Waals surface area contributed by atoms with Crippen molar-refractivity contribution >= 4 is 57.3 Å². The minimum absolute atomic E-state index is 0.201. The molecule has 24 heavy (non-hydrogen) atoms. The highest BCUT2D eigenvalue weighted by molar-refractivity contribution is 6.35. The number of halogens is 3. The number of aromatic nitrogens is 2. The van der Waals surface area contributed by atoms with E-state index in [1.807, 2.05) is 0 Å². The topological polar surface area (TPSA) is 64.0 Å². The fraction of sp³-hybridized carbons (Fsp3) is 0.0625. The van der Waals surface area contributed by atoms with Gasteiger partial charge in [-0.2, -0.15) is 0 Å². The van der Waals surface area contributed by atoms with Crippen LogP contribution in [0.5, 0.6) is 0 Å².